The van der Waals surface area contributed by atoms with Crippen LogP contribution in [0.5, 0.6) is 0 Å². The van der Waals surface area contributed by atoms with E-state index in [9.17, 15) is 0 Å². The number of hydrogen-bond donors (Lipinski definition) is 2. The van der Waals surface area contributed by atoms with Crippen molar-refractivity contribution in [2.75, 3.05) is 13.7 Å². The molecule has 3 N–H and O–H groups in total. The van der Waals surface area contributed by atoms with E-state index in [2.05, 4.69) is 47.3 Å². The van der Waals surface area contributed by atoms with Crippen LogP contribution in [0.15, 0.2) is 16.6 Å². The Morgan fingerprint density at radius 3 is 2.41 bits per heavy atom. The van der Waals surface area contributed by atoms with E-state index in [-0.39, 0.29) is 6.04 Å². The standard InChI is InChI=1S/C13H21BrN2O/c1-9-7-11(8-10(2)13(9)14)12(16-15)5-4-6-17-3/h7-8,12,16H,4-6,15H2,1-3H3. The number of aryl methyl sites for hydroxylation is 2. The third kappa shape index (κ3) is 4.07. The lowest BCUT2D eigenvalue weighted by atomic mass is 9.98. The summed E-state index contributed by atoms with van der Waals surface area (Å²) in [6.07, 6.45) is 1.98. The second-order valence-corrected chi connectivity index (χ2v) is 5.12. The molecule has 4 heteroatoms. The maximum absolute atomic E-state index is 5.62. The topological polar surface area (TPSA) is 47.3 Å². The van der Waals surface area contributed by atoms with Crippen molar-refractivity contribution in [2.24, 2.45) is 5.84 Å². The first-order valence-corrected chi connectivity index (χ1v) is 6.61. The number of ether oxygens (including phenoxy) is 1. The molecule has 1 aromatic carbocycles. The van der Waals surface area contributed by atoms with E-state index < -0.39 is 0 Å². The van der Waals surface area contributed by atoms with Gasteiger partial charge in [0.15, 0.2) is 0 Å². The molecule has 0 aliphatic carbocycles. The molecule has 17 heavy (non-hydrogen) atoms. The van der Waals surface area contributed by atoms with Crippen LogP contribution in [0, 0.1) is 13.8 Å². The predicted octanol–water partition coefficient (Wildman–Crippen LogP) is 3.00. The van der Waals surface area contributed by atoms with Gasteiger partial charge in [-0.05, 0) is 43.4 Å². The summed E-state index contributed by atoms with van der Waals surface area (Å²) in [7, 11) is 1.72. The predicted molar refractivity (Wildman–Crippen MR) is 74.8 cm³/mol. The summed E-state index contributed by atoms with van der Waals surface area (Å²) in [5.74, 6) is 5.62. The average molecular weight is 301 g/mol. The molecule has 1 rings (SSSR count). The number of halogens is 1. The quantitative estimate of drug-likeness (QED) is 0.482. The van der Waals surface area contributed by atoms with Gasteiger partial charge in [-0.1, -0.05) is 28.1 Å². The first-order chi connectivity index (χ1) is 8.10. The van der Waals surface area contributed by atoms with Gasteiger partial charge in [-0.3, -0.25) is 11.3 Å². The van der Waals surface area contributed by atoms with Crippen molar-refractivity contribution in [1.29, 1.82) is 0 Å². The highest BCUT2D eigenvalue weighted by Gasteiger charge is 2.11. The van der Waals surface area contributed by atoms with Gasteiger partial charge < -0.3 is 4.74 Å². The summed E-state index contributed by atoms with van der Waals surface area (Å²) in [5.41, 5.74) is 6.60. The zero-order chi connectivity index (χ0) is 12.8. The van der Waals surface area contributed by atoms with Crippen molar-refractivity contribution in [2.45, 2.75) is 32.7 Å². The lowest BCUT2D eigenvalue weighted by Crippen LogP contribution is -2.28. The highest BCUT2D eigenvalue weighted by atomic mass is 79.9. The molecule has 0 spiro atoms. The molecular weight excluding hydrogens is 280 g/mol. The molecule has 0 fully saturated rings. The summed E-state index contributed by atoms with van der Waals surface area (Å²) < 4.78 is 6.24. The molecule has 0 bridgehead atoms. The third-order valence-corrected chi connectivity index (χ3v) is 4.15. The van der Waals surface area contributed by atoms with E-state index in [1.807, 2.05) is 0 Å². The fourth-order valence-electron chi connectivity index (χ4n) is 1.96. The zero-order valence-corrected chi connectivity index (χ0v) is 12.3. The van der Waals surface area contributed by atoms with Gasteiger partial charge in [0, 0.05) is 24.2 Å². The van der Waals surface area contributed by atoms with Crippen LogP contribution in [-0.4, -0.2) is 13.7 Å². The summed E-state index contributed by atoms with van der Waals surface area (Å²) in [6.45, 7) is 4.97. The van der Waals surface area contributed by atoms with Crippen molar-refractivity contribution in [1.82, 2.24) is 5.43 Å². The van der Waals surface area contributed by atoms with Gasteiger partial charge in [-0.2, -0.15) is 0 Å². The minimum Gasteiger partial charge on any atom is -0.385 e. The molecule has 96 valence electrons. The zero-order valence-electron chi connectivity index (χ0n) is 10.7. The largest absolute Gasteiger partial charge is 0.385 e. The minimum absolute atomic E-state index is 0.190. The monoisotopic (exact) mass is 300 g/mol. The molecule has 0 saturated heterocycles. The Balaban J connectivity index is 2.81. The highest BCUT2D eigenvalue weighted by molar-refractivity contribution is 9.10. The maximum atomic E-state index is 5.62. The number of hydrogen-bond acceptors (Lipinski definition) is 3. The van der Waals surface area contributed by atoms with Crippen LogP contribution in [0.1, 0.15) is 35.6 Å². The van der Waals surface area contributed by atoms with Crippen molar-refractivity contribution in [3.63, 3.8) is 0 Å². The van der Waals surface area contributed by atoms with Gasteiger partial charge >= 0.3 is 0 Å². The number of rotatable bonds is 6. The number of benzene rings is 1. The minimum atomic E-state index is 0.190. The lowest BCUT2D eigenvalue weighted by molar-refractivity contribution is 0.189. The normalized spacial score (nSPS) is 12.8. The second-order valence-electron chi connectivity index (χ2n) is 4.32. The van der Waals surface area contributed by atoms with Crippen LogP contribution in [-0.2, 0) is 4.74 Å². The summed E-state index contributed by atoms with van der Waals surface area (Å²) in [5, 5.41) is 0. The molecule has 0 aromatic heterocycles. The van der Waals surface area contributed by atoms with Crippen molar-refractivity contribution >= 4 is 15.9 Å². The van der Waals surface area contributed by atoms with Gasteiger partial charge in [0.25, 0.3) is 0 Å². The SMILES string of the molecule is COCCCC(NN)c1cc(C)c(Br)c(C)c1. The van der Waals surface area contributed by atoms with Gasteiger partial charge in [0.2, 0.25) is 0 Å². The van der Waals surface area contributed by atoms with E-state index in [1.165, 1.54) is 21.2 Å². The van der Waals surface area contributed by atoms with Crippen molar-refractivity contribution in [3.05, 3.63) is 33.3 Å². The summed E-state index contributed by atoms with van der Waals surface area (Å²) >= 11 is 3.58. The lowest BCUT2D eigenvalue weighted by Gasteiger charge is -2.18. The summed E-state index contributed by atoms with van der Waals surface area (Å²) in [6, 6.07) is 4.54. The number of methoxy groups -OCH3 is 1. The number of nitrogens with two attached hydrogens (primary N) is 1. The first kappa shape index (κ1) is 14.6. The number of hydrazine groups is 1. The molecule has 0 amide bonds. The smallest absolute Gasteiger partial charge is 0.0462 e. The van der Waals surface area contributed by atoms with Crippen LogP contribution in [0.25, 0.3) is 0 Å². The molecule has 1 atom stereocenters. The van der Waals surface area contributed by atoms with Gasteiger partial charge in [-0.25, -0.2) is 0 Å². The van der Waals surface area contributed by atoms with E-state index in [0.29, 0.717) is 0 Å². The van der Waals surface area contributed by atoms with Gasteiger partial charge in [-0.15, -0.1) is 0 Å². The fourth-order valence-corrected chi connectivity index (χ4v) is 2.19. The Kier molecular flexibility index (Phi) is 6.12. The maximum Gasteiger partial charge on any atom is 0.0462 e. The second kappa shape index (κ2) is 7.11. The van der Waals surface area contributed by atoms with E-state index in [0.717, 1.165) is 19.4 Å². The third-order valence-electron chi connectivity index (χ3n) is 2.90. The molecule has 1 aromatic rings. The van der Waals surface area contributed by atoms with Crippen LogP contribution >= 0.6 is 15.9 Å². The first-order valence-electron chi connectivity index (χ1n) is 5.81. The van der Waals surface area contributed by atoms with Gasteiger partial charge in [0.05, 0.1) is 0 Å². The number of nitrogens with one attached hydrogen (secondary N) is 1. The highest BCUT2D eigenvalue weighted by Crippen LogP contribution is 2.27. The van der Waals surface area contributed by atoms with E-state index >= 15 is 0 Å². The van der Waals surface area contributed by atoms with Crippen LogP contribution in [0.4, 0.5) is 0 Å². The molecule has 0 heterocycles. The Morgan fingerprint density at radius 1 is 1.35 bits per heavy atom. The Morgan fingerprint density at radius 2 is 1.94 bits per heavy atom. The molecule has 0 aliphatic rings. The van der Waals surface area contributed by atoms with Crippen LogP contribution in [0.3, 0.4) is 0 Å². The summed E-state index contributed by atoms with van der Waals surface area (Å²) in [4.78, 5) is 0. The molecule has 3 nitrogen and oxygen atoms in total. The Hall–Kier alpha value is -0.420. The van der Waals surface area contributed by atoms with Crippen molar-refractivity contribution in [3.8, 4) is 0 Å². The van der Waals surface area contributed by atoms with Gasteiger partial charge in [0.1, 0.15) is 0 Å². The van der Waals surface area contributed by atoms with E-state index in [1.54, 1.807) is 7.11 Å². The Bertz CT molecular complexity index is 345. The molecule has 0 saturated carbocycles. The molecular formula is C13H21BrN2O. The van der Waals surface area contributed by atoms with Crippen LogP contribution < -0.4 is 11.3 Å². The Labute approximate surface area is 112 Å². The average Bonchev–Trinajstić information content (AvgIpc) is 2.31. The van der Waals surface area contributed by atoms with Crippen LogP contribution in [0.2, 0.25) is 0 Å². The molecule has 0 aliphatic heterocycles. The molecule has 0 radical (unpaired) electrons. The van der Waals surface area contributed by atoms with Crippen molar-refractivity contribution < 1.29 is 4.74 Å². The van der Waals surface area contributed by atoms with E-state index in [4.69, 9.17) is 10.6 Å². The fraction of sp³-hybridized carbons (Fsp3) is 0.538. The molecule has 1 unspecified atom stereocenters.